The van der Waals surface area contributed by atoms with E-state index in [1.807, 2.05) is 12.3 Å². The fraction of sp³-hybridized carbons (Fsp3) is 0.167. The van der Waals surface area contributed by atoms with Crippen LogP contribution in [0.5, 0.6) is 0 Å². The van der Waals surface area contributed by atoms with Gasteiger partial charge in [-0.1, -0.05) is 0 Å². The van der Waals surface area contributed by atoms with E-state index in [4.69, 9.17) is 0 Å². The quantitative estimate of drug-likeness (QED) is 0.550. The first-order valence-corrected chi connectivity index (χ1v) is 2.39. The lowest BCUT2D eigenvalue weighted by molar-refractivity contribution is 0.977. The zero-order valence-electron chi connectivity index (χ0n) is 4.59. The normalized spacial score (nSPS) is 11.5. The predicted molar refractivity (Wildman–Crippen MR) is 32.1 cm³/mol. The van der Waals surface area contributed by atoms with Gasteiger partial charge in [0, 0.05) is 18.3 Å². The highest BCUT2D eigenvalue weighted by molar-refractivity contribution is 5.30. The van der Waals surface area contributed by atoms with Crippen molar-refractivity contribution < 1.29 is 0 Å². The molecule has 1 aliphatic heterocycles. The van der Waals surface area contributed by atoms with E-state index >= 15 is 0 Å². The number of nitrogens with zero attached hydrogens (tertiary/aromatic N) is 1. The molecule has 2 aliphatic rings. The maximum atomic E-state index is 4.06. The summed E-state index contributed by atoms with van der Waals surface area (Å²) in [5.41, 5.74) is 2.66. The lowest BCUT2D eigenvalue weighted by Crippen LogP contribution is -2.01. The van der Waals surface area contributed by atoms with E-state index in [2.05, 4.69) is 11.1 Å². The summed E-state index contributed by atoms with van der Waals surface area (Å²) in [6, 6.07) is 4.16. The van der Waals surface area contributed by atoms with Gasteiger partial charge >= 0.3 is 0 Å². The van der Waals surface area contributed by atoms with E-state index < -0.39 is 0 Å². The lowest BCUT2D eigenvalue weighted by atomic mass is 10.0. The summed E-state index contributed by atoms with van der Waals surface area (Å²) in [5.74, 6) is 0. The standard InChI is InChI=1S/C6H5N.H3N/c1-2-7-6-3-5(1)4-6;/h1-3H,4H2;1H3. The Balaban J connectivity index is 0.000000320. The fourth-order valence-corrected chi connectivity index (χ4v) is 0.813. The van der Waals surface area contributed by atoms with Crippen molar-refractivity contribution in [3.8, 4) is 0 Å². The maximum absolute atomic E-state index is 4.06. The van der Waals surface area contributed by atoms with Gasteiger partial charge in [-0.25, -0.2) is 0 Å². The van der Waals surface area contributed by atoms with E-state index in [-0.39, 0.29) is 6.15 Å². The highest BCUT2D eigenvalue weighted by Crippen LogP contribution is 2.15. The molecule has 2 heteroatoms. The minimum atomic E-state index is 0. The summed E-state index contributed by atoms with van der Waals surface area (Å²) in [7, 11) is 0. The molecule has 0 saturated heterocycles. The van der Waals surface area contributed by atoms with Crippen molar-refractivity contribution in [1.82, 2.24) is 11.1 Å². The van der Waals surface area contributed by atoms with E-state index in [9.17, 15) is 0 Å². The molecular weight excluding hydrogens is 100 g/mol. The molecule has 1 aromatic rings. The minimum absolute atomic E-state index is 0. The molecule has 2 heterocycles. The van der Waals surface area contributed by atoms with Crippen LogP contribution in [0.1, 0.15) is 11.3 Å². The molecule has 0 spiro atoms. The van der Waals surface area contributed by atoms with Gasteiger partial charge in [-0.2, -0.15) is 0 Å². The van der Waals surface area contributed by atoms with Gasteiger partial charge in [-0.15, -0.1) is 0 Å². The average Bonchev–Trinajstić information content (AvgIpc) is 1.67. The van der Waals surface area contributed by atoms with Crippen LogP contribution in [0, 0.1) is 0 Å². The summed E-state index contributed by atoms with van der Waals surface area (Å²) >= 11 is 0. The first kappa shape index (κ1) is 5.25. The number of hydrogen-bond donors (Lipinski definition) is 1. The molecule has 3 rings (SSSR count). The molecule has 1 aliphatic carbocycles. The van der Waals surface area contributed by atoms with Crippen LogP contribution in [-0.2, 0) is 6.42 Å². The Morgan fingerprint density at radius 3 is 2.38 bits per heavy atom. The van der Waals surface area contributed by atoms with Crippen molar-refractivity contribution in [1.29, 1.82) is 0 Å². The summed E-state index contributed by atoms with van der Waals surface area (Å²) in [6.07, 6.45) is 2.96. The van der Waals surface area contributed by atoms with Crippen molar-refractivity contribution in [3.05, 3.63) is 29.6 Å². The van der Waals surface area contributed by atoms with E-state index in [1.54, 1.807) is 0 Å². The second-order valence-corrected chi connectivity index (χ2v) is 1.83. The summed E-state index contributed by atoms with van der Waals surface area (Å²) in [5, 5.41) is 0. The van der Waals surface area contributed by atoms with Gasteiger partial charge in [0.1, 0.15) is 0 Å². The lowest BCUT2D eigenvalue weighted by Gasteiger charge is -2.10. The molecule has 2 bridgehead atoms. The number of aromatic nitrogens is 1. The molecule has 0 unspecified atom stereocenters. The summed E-state index contributed by atoms with van der Waals surface area (Å²) in [6.45, 7) is 0. The molecule has 1 aromatic heterocycles. The highest BCUT2D eigenvalue weighted by atomic mass is 14.7. The molecule has 0 aromatic carbocycles. The molecule has 0 atom stereocenters. The minimum Gasteiger partial charge on any atom is -0.344 e. The van der Waals surface area contributed by atoms with Gasteiger partial charge in [-0.3, -0.25) is 4.98 Å². The fourth-order valence-electron chi connectivity index (χ4n) is 0.813. The van der Waals surface area contributed by atoms with E-state index in [0.29, 0.717) is 0 Å². The molecule has 8 heavy (non-hydrogen) atoms. The Morgan fingerprint density at radius 2 is 2.25 bits per heavy atom. The average molecular weight is 108 g/mol. The Labute approximate surface area is 48.1 Å². The van der Waals surface area contributed by atoms with Crippen molar-refractivity contribution >= 4 is 0 Å². The number of rotatable bonds is 0. The molecular formula is C6H8N2. The van der Waals surface area contributed by atoms with Crippen LogP contribution in [0.15, 0.2) is 18.3 Å². The summed E-state index contributed by atoms with van der Waals surface area (Å²) < 4.78 is 0. The molecule has 42 valence electrons. The number of pyridine rings is 1. The monoisotopic (exact) mass is 108 g/mol. The highest BCUT2D eigenvalue weighted by Gasteiger charge is 2.06. The maximum Gasteiger partial charge on any atom is 0.0450 e. The van der Waals surface area contributed by atoms with Crippen LogP contribution in [0.3, 0.4) is 0 Å². The molecule has 0 saturated carbocycles. The third-order valence-electron chi connectivity index (χ3n) is 1.27. The van der Waals surface area contributed by atoms with E-state index in [1.165, 1.54) is 11.3 Å². The second kappa shape index (κ2) is 1.56. The van der Waals surface area contributed by atoms with Gasteiger partial charge in [-0.05, 0) is 17.7 Å². The van der Waals surface area contributed by atoms with Crippen LogP contribution in [0.2, 0.25) is 0 Å². The van der Waals surface area contributed by atoms with Gasteiger partial charge in [0.15, 0.2) is 0 Å². The first-order chi connectivity index (χ1) is 3.45. The smallest absolute Gasteiger partial charge is 0.0450 e. The first-order valence-electron chi connectivity index (χ1n) is 2.39. The van der Waals surface area contributed by atoms with Crippen molar-refractivity contribution in [2.24, 2.45) is 0 Å². The molecule has 0 radical (unpaired) electrons. The van der Waals surface area contributed by atoms with Crippen LogP contribution in [-0.4, -0.2) is 4.98 Å². The van der Waals surface area contributed by atoms with Gasteiger partial charge < -0.3 is 6.15 Å². The molecule has 0 amide bonds. The zero-order chi connectivity index (χ0) is 4.69. The van der Waals surface area contributed by atoms with Crippen molar-refractivity contribution in [3.63, 3.8) is 0 Å². The third kappa shape index (κ3) is 0.502. The third-order valence-corrected chi connectivity index (χ3v) is 1.27. The van der Waals surface area contributed by atoms with Crippen LogP contribution >= 0.6 is 0 Å². The van der Waals surface area contributed by atoms with Crippen molar-refractivity contribution in [2.75, 3.05) is 0 Å². The predicted octanol–water partition coefficient (Wildman–Crippen LogP) is 1.15. The Bertz CT molecular complexity index is 171. The largest absolute Gasteiger partial charge is 0.344 e. The number of hydrogen-bond acceptors (Lipinski definition) is 2. The second-order valence-electron chi connectivity index (χ2n) is 1.83. The van der Waals surface area contributed by atoms with Gasteiger partial charge in [0.05, 0.1) is 0 Å². The van der Waals surface area contributed by atoms with E-state index in [0.717, 1.165) is 6.42 Å². The van der Waals surface area contributed by atoms with Crippen LogP contribution < -0.4 is 6.15 Å². The Hall–Kier alpha value is -0.890. The topological polar surface area (TPSA) is 47.9 Å². The van der Waals surface area contributed by atoms with Crippen LogP contribution in [0.4, 0.5) is 0 Å². The SMILES string of the molecule is N.c1cc2cc(n1)C2. The zero-order valence-corrected chi connectivity index (χ0v) is 4.59. The van der Waals surface area contributed by atoms with Crippen molar-refractivity contribution in [2.45, 2.75) is 6.42 Å². The van der Waals surface area contributed by atoms with Gasteiger partial charge in [0.25, 0.3) is 0 Å². The number of fused-ring (bicyclic) bond motifs is 2. The summed E-state index contributed by atoms with van der Waals surface area (Å²) in [4.78, 5) is 4.06. The Kier molecular flexibility index (Phi) is 1.02. The molecule has 2 nitrogen and oxygen atoms in total. The molecule has 0 fully saturated rings. The van der Waals surface area contributed by atoms with Crippen LogP contribution in [0.25, 0.3) is 0 Å². The molecule has 3 N–H and O–H groups in total. The van der Waals surface area contributed by atoms with Gasteiger partial charge in [0.2, 0.25) is 0 Å². The Morgan fingerprint density at radius 1 is 1.50 bits per heavy atom.